The van der Waals surface area contributed by atoms with Gasteiger partial charge in [-0.25, -0.2) is 9.59 Å². The van der Waals surface area contributed by atoms with E-state index in [4.69, 9.17) is 4.84 Å². The van der Waals surface area contributed by atoms with E-state index in [-0.39, 0.29) is 23.9 Å². The van der Waals surface area contributed by atoms with Gasteiger partial charge in [0.15, 0.2) is 0 Å². The highest BCUT2D eigenvalue weighted by Gasteiger charge is 2.58. The average Bonchev–Trinajstić information content (AvgIpc) is 2.75. The number of fused-ring (bicyclic) bond motifs is 4. The quantitative estimate of drug-likeness (QED) is 0.855. The summed E-state index contributed by atoms with van der Waals surface area (Å²) < 4.78 is 0. The van der Waals surface area contributed by atoms with Crippen molar-refractivity contribution in [3.05, 3.63) is 48.0 Å². The summed E-state index contributed by atoms with van der Waals surface area (Å²) in [5.41, 5.74) is 0.974. The number of nitrogens with zero attached hydrogens (tertiary/aromatic N) is 2. The fourth-order valence-corrected chi connectivity index (χ4v) is 3.58. The maximum atomic E-state index is 12.5. The molecular formula is C16H16N2O4. The van der Waals surface area contributed by atoms with E-state index in [9.17, 15) is 14.7 Å². The Morgan fingerprint density at radius 3 is 2.59 bits per heavy atom. The third-order valence-corrected chi connectivity index (χ3v) is 4.73. The molecule has 22 heavy (non-hydrogen) atoms. The first-order chi connectivity index (χ1) is 10.7. The zero-order chi connectivity index (χ0) is 15.3. The summed E-state index contributed by atoms with van der Waals surface area (Å²) in [5, 5.41) is 10.8. The molecule has 2 saturated heterocycles. The number of hydroxylamine groups is 2. The molecule has 2 aliphatic heterocycles. The summed E-state index contributed by atoms with van der Waals surface area (Å²) in [4.78, 5) is 31.1. The molecule has 6 nitrogen and oxygen atoms in total. The number of carboxylic acids is 1. The number of carbonyl (C=O) groups excluding carboxylic acids is 1. The predicted molar refractivity (Wildman–Crippen MR) is 76.5 cm³/mol. The fourth-order valence-electron chi connectivity index (χ4n) is 3.58. The van der Waals surface area contributed by atoms with Gasteiger partial charge in [-0.15, -0.1) is 0 Å². The SMILES string of the molecule is O=C(O)C1C2C=CC2C2CN1C(=O)N2OCc1ccccc1. The van der Waals surface area contributed by atoms with Crippen molar-refractivity contribution in [1.29, 1.82) is 0 Å². The molecule has 0 saturated carbocycles. The standard InChI is InChI=1S/C16H16N2O4/c19-15(20)14-12-7-6-11(12)13-8-17(14)16(21)18(13)22-9-10-4-2-1-3-5-10/h1-7,11-14H,8-9H2,(H,19,20). The lowest BCUT2D eigenvalue weighted by Crippen LogP contribution is -2.56. The van der Waals surface area contributed by atoms with E-state index in [1.807, 2.05) is 42.5 Å². The lowest BCUT2D eigenvalue weighted by molar-refractivity contribution is -0.153. The minimum Gasteiger partial charge on any atom is -0.480 e. The van der Waals surface area contributed by atoms with Gasteiger partial charge in [0.1, 0.15) is 12.6 Å². The molecule has 2 fully saturated rings. The largest absolute Gasteiger partial charge is 0.480 e. The molecule has 4 unspecified atom stereocenters. The number of hydrogen-bond donors (Lipinski definition) is 1. The summed E-state index contributed by atoms with van der Waals surface area (Å²) in [6.45, 7) is 0.714. The monoisotopic (exact) mass is 300 g/mol. The second-order valence-corrected chi connectivity index (χ2v) is 5.91. The molecule has 3 aliphatic rings. The van der Waals surface area contributed by atoms with Gasteiger partial charge in [0.2, 0.25) is 0 Å². The maximum absolute atomic E-state index is 12.5. The first-order valence-corrected chi connectivity index (χ1v) is 7.34. The highest BCUT2D eigenvalue weighted by Crippen LogP contribution is 2.44. The molecule has 2 heterocycles. The van der Waals surface area contributed by atoms with E-state index < -0.39 is 12.0 Å². The highest BCUT2D eigenvalue weighted by atomic mass is 16.7. The Labute approximate surface area is 127 Å². The van der Waals surface area contributed by atoms with Crippen LogP contribution in [0.5, 0.6) is 0 Å². The lowest BCUT2D eigenvalue weighted by atomic mass is 9.70. The van der Waals surface area contributed by atoms with E-state index in [2.05, 4.69) is 0 Å². The van der Waals surface area contributed by atoms with Crippen molar-refractivity contribution >= 4 is 12.0 Å². The van der Waals surface area contributed by atoms with Crippen molar-refractivity contribution in [1.82, 2.24) is 9.96 Å². The maximum Gasteiger partial charge on any atom is 0.345 e. The van der Waals surface area contributed by atoms with Gasteiger partial charge in [0.25, 0.3) is 0 Å². The molecule has 0 aromatic heterocycles. The van der Waals surface area contributed by atoms with Crippen molar-refractivity contribution in [2.45, 2.75) is 18.7 Å². The molecule has 0 radical (unpaired) electrons. The molecule has 114 valence electrons. The van der Waals surface area contributed by atoms with Gasteiger partial charge in [-0.3, -0.25) is 4.84 Å². The van der Waals surface area contributed by atoms with Crippen molar-refractivity contribution < 1.29 is 19.5 Å². The number of piperidine rings is 1. The second-order valence-electron chi connectivity index (χ2n) is 5.91. The Hall–Kier alpha value is -2.34. The number of hydrogen-bond acceptors (Lipinski definition) is 3. The normalized spacial score (nSPS) is 31.9. The molecule has 6 heteroatoms. The van der Waals surface area contributed by atoms with Gasteiger partial charge >= 0.3 is 12.0 Å². The number of carbonyl (C=O) groups is 2. The number of urea groups is 1. The van der Waals surface area contributed by atoms with Crippen molar-refractivity contribution in [3.8, 4) is 0 Å². The minimum atomic E-state index is -0.948. The van der Waals surface area contributed by atoms with Gasteiger partial charge in [0.05, 0.1) is 6.04 Å². The van der Waals surface area contributed by atoms with Crippen LogP contribution in [0.15, 0.2) is 42.5 Å². The molecule has 2 bridgehead atoms. The fraction of sp³-hybridized carbons (Fsp3) is 0.375. The van der Waals surface area contributed by atoms with Crippen LogP contribution in [-0.4, -0.2) is 45.7 Å². The van der Waals surface area contributed by atoms with E-state index in [0.29, 0.717) is 13.2 Å². The van der Waals surface area contributed by atoms with E-state index in [1.54, 1.807) is 0 Å². The molecular weight excluding hydrogens is 284 g/mol. The van der Waals surface area contributed by atoms with Gasteiger partial charge < -0.3 is 10.0 Å². The van der Waals surface area contributed by atoms with Crippen molar-refractivity contribution in [2.75, 3.05) is 6.54 Å². The summed E-state index contributed by atoms with van der Waals surface area (Å²) >= 11 is 0. The van der Waals surface area contributed by atoms with E-state index >= 15 is 0 Å². The third kappa shape index (κ3) is 1.84. The minimum absolute atomic E-state index is 0.0690. The molecule has 1 aromatic carbocycles. The molecule has 4 atom stereocenters. The van der Waals surface area contributed by atoms with Crippen LogP contribution in [0.1, 0.15) is 5.56 Å². The van der Waals surface area contributed by atoms with Crippen LogP contribution < -0.4 is 0 Å². The van der Waals surface area contributed by atoms with E-state index in [0.717, 1.165) is 5.56 Å². The van der Waals surface area contributed by atoms with Crippen molar-refractivity contribution in [3.63, 3.8) is 0 Å². The Morgan fingerprint density at radius 2 is 1.95 bits per heavy atom. The Balaban J connectivity index is 1.54. The number of carboxylic acid groups (broad SMARTS) is 1. The smallest absolute Gasteiger partial charge is 0.345 e. The Morgan fingerprint density at radius 1 is 1.23 bits per heavy atom. The molecule has 0 spiro atoms. The van der Waals surface area contributed by atoms with Crippen LogP contribution in [0.25, 0.3) is 0 Å². The summed E-state index contributed by atoms with van der Waals surface area (Å²) in [6.07, 6.45) is 3.87. The van der Waals surface area contributed by atoms with Crippen LogP contribution in [0, 0.1) is 11.8 Å². The molecule has 1 N–H and O–H groups in total. The van der Waals surface area contributed by atoms with Crippen molar-refractivity contribution in [2.24, 2.45) is 11.8 Å². The zero-order valence-corrected chi connectivity index (χ0v) is 11.8. The van der Waals surface area contributed by atoms with Gasteiger partial charge in [-0.05, 0) is 5.56 Å². The summed E-state index contributed by atoms with van der Waals surface area (Å²) in [6, 6.07) is 8.40. The number of amides is 2. The molecule has 4 rings (SSSR count). The third-order valence-electron chi connectivity index (χ3n) is 4.73. The van der Waals surface area contributed by atoms with Crippen LogP contribution in [-0.2, 0) is 16.2 Å². The summed E-state index contributed by atoms with van der Waals surface area (Å²) in [5.74, 6) is -0.985. The number of aliphatic carboxylic acids is 1. The average molecular weight is 300 g/mol. The first kappa shape index (κ1) is 13.3. The van der Waals surface area contributed by atoms with Crippen LogP contribution >= 0.6 is 0 Å². The Kier molecular flexibility index (Phi) is 2.94. The molecule has 2 amide bonds. The highest BCUT2D eigenvalue weighted by molar-refractivity contribution is 5.85. The lowest BCUT2D eigenvalue weighted by Gasteiger charge is -2.43. The second kappa shape index (κ2) is 4.84. The molecule has 1 aromatic rings. The number of rotatable bonds is 4. The molecule has 1 aliphatic carbocycles. The topological polar surface area (TPSA) is 70.1 Å². The Bertz CT molecular complexity index is 645. The summed E-state index contributed by atoms with van der Waals surface area (Å²) in [7, 11) is 0. The first-order valence-electron chi connectivity index (χ1n) is 7.34. The van der Waals surface area contributed by atoms with Gasteiger partial charge in [-0.1, -0.05) is 42.5 Å². The van der Waals surface area contributed by atoms with Crippen LogP contribution in [0.3, 0.4) is 0 Å². The van der Waals surface area contributed by atoms with Crippen LogP contribution in [0.2, 0.25) is 0 Å². The number of benzene rings is 1. The van der Waals surface area contributed by atoms with E-state index in [1.165, 1.54) is 9.96 Å². The van der Waals surface area contributed by atoms with Gasteiger partial charge in [-0.2, -0.15) is 5.06 Å². The predicted octanol–water partition coefficient (Wildman–Crippen LogP) is 1.49. The van der Waals surface area contributed by atoms with Crippen LogP contribution in [0.4, 0.5) is 4.79 Å². The van der Waals surface area contributed by atoms with Gasteiger partial charge in [0, 0.05) is 18.4 Å². The zero-order valence-electron chi connectivity index (χ0n) is 11.8.